The van der Waals surface area contributed by atoms with Crippen molar-refractivity contribution in [2.24, 2.45) is 0 Å². The van der Waals surface area contributed by atoms with Crippen LogP contribution in [-0.2, 0) is 17.4 Å². The molecule has 0 fully saturated rings. The quantitative estimate of drug-likeness (QED) is 0.386. The molecule has 0 saturated heterocycles. The monoisotopic (exact) mass is 427 g/mol. The maximum atomic E-state index is 13.4. The number of pyridine rings is 1. The fourth-order valence-corrected chi connectivity index (χ4v) is 3.31. The van der Waals surface area contributed by atoms with E-state index in [0.29, 0.717) is 18.6 Å². The van der Waals surface area contributed by atoms with Crippen LogP contribution in [0.3, 0.4) is 0 Å². The van der Waals surface area contributed by atoms with Crippen molar-refractivity contribution in [3.63, 3.8) is 0 Å². The predicted octanol–water partition coefficient (Wildman–Crippen LogP) is 5.96. The minimum Gasteiger partial charge on any atom is -0.346 e. The van der Waals surface area contributed by atoms with Gasteiger partial charge in [0.15, 0.2) is 0 Å². The van der Waals surface area contributed by atoms with Gasteiger partial charge in [-0.2, -0.15) is 13.2 Å². The van der Waals surface area contributed by atoms with Gasteiger partial charge in [-0.15, -0.1) is 0 Å². The normalized spacial score (nSPS) is 11.6. The Bertz CT molecular complexity index is 1250. The van der Waals surface area contributed by atoms with Crippen molar-refractivity contribution < 1.29 is 22.4 Å². The van der Waals surface area contributed by atoms with Gasteiger partial charge < -0.3 is 10.3 Å². The first-order valence-corrected chi connectivity index (χ1v) is 9.49. The summed E-state index contributed by atoms with van der Waals surface area (Å²) in [6, 6.07) is 14.0. The number of H-pyrrole nitrogens is 1. The lowest BCUT2D eigenvalue weighted by atomic mass is 10.0. The van der Waals surface area contributed by atoms with Crippen LogP contribution in [0.4, 0.5) is 23.2 Å². The molecule has 2 aromatic heterocycles. The van der Waals surface area contributed by atoms with Crippen LogP contribution >= 0.6 is 0 Å². The van der Waals surface area contributed by atoms with Crippen LogP contribution in [0.15, 0.2) is 67.0 Å². The number of nitrogens with one attached hydrogen (secondary N) is 2. The van der Waals surface area contributed by atoms with Gasteiger partial charge in [-0.1, -0.05) is 24.3 Å². The summed E-state index contributed by atoms with van der Waals surface area (Å²) in [5.41, 5.74) is 2.07. The molecule has 1 amide bonds. The van der Waals surface area contributed by atoms with Crippen LogP contribution in [0.25, 0.3) is 22.2 Å². The summed E-state index contributed by atoms with van der Waals surface area (Å²) >= 11 is 0. The number of hydrogen-bond acceptors (Lipinski definition) is 2. The highest BCUT2D eigenvalue weighted by Crippen LogP contribution is 2.33. The number of halogens is 4. The van der Waals surface area contributed by atoms with E-state index in [1.54, 1.807) is 6.20 Å². The van der Waals surface area contributed by atoms with Crippen LogP contribution in [0.2, 0.25) is 0 Å². The number of alkyl halides is 3. The maximum absolute atomic E-state index is 13.4. The van der Waals surface area contributed by atoms with E-state index < -0.39 is 23.5 Å². The second-order valence-corrected chi connectivity index (χ2v) is 7.08. The summed E-state index contributed by atoms with van der Waals surface area (Å²) in [6.07, 6.45) is -0.791. The van der Waals surface area contributed by atoms with E-state index in [2.05, 4.69) is 15.3 Å². The van der Waals surface area contributed by atoms with Crippen molar-refractivity contribution in [1.82, 2.24) is 9.97 Å². The topological polar surface area (TPSA) is 57.8 Å². The van der Waals surface area contributed by atoms with E-state index in [9.17, 15) is 22.4 Å². The summed E-state index contributed by atoms with van der Waals surface area (Å²) in [6.45, 7) is 0. The van der Waals surface area contributed by atoms with Gasteiger partial charge in [0.2, 0.25) is 5.91 Å². The Kier molecular flexibility index (Phi) is 5.46. The average molecular weight is 427 g/mol. The van der Waals surface area contributed by atoms with Crippen molar-refractivity contribution in [3.8, 4) is 11.1 Å². The zero-order chi connectivity index (χ0) is 22.0. The first kappa shape index (κ1) is 20.6. The van der Waals surface area contributed by atoms with E-state index >= 15 is 0 Å². The van der Waals surface area contributed by atoms with Gasteiger partial charge in [0.1, 0.15) is 11.5 Å². The predicted molar refractivity (Wildman–Crippen MR) is 110 cm³/mol. The molecule has 8 heteroatoms. The number of rotatable bonds is 5. The fourth-order valence-electron chi connectivity index (χ4n) is 3.31. The van der Waals surface area contributed by atoms with E-state index in [1.807, 2.05) is 42.6 Å². The van der Waals surface area contributed by atoms with Crippen molar-refractivity contribution in [2.45, 2.75) is 19.0 Å². The van der Waals surface area contributed by atoms with Gasteiger partial charge in [-0.25, -0.2) is 9.37 Å². The second-order valence-electron chi connectivity index (χ2n) is 7.08. The van der Waals surface area contributed by atoms with E-state index in [0.717, 1.165) is 33.8 Å². The Morgan fingerprint density at radius 1 is 1.03 bits per heavy atom. The number of nitrogens with zero attached hydrogens (tertiary/aromatic N) is 1. The molecule has 2 aromatic carbocycles. The number of aromatic amines is 1. The standard InChI is InChI=1S/C23H17F4N3O/c24-20-6-5-18(12-19(20)23(25,26)27)30-21(31)7-4-14-2-1-3-15(10-14)17-11-16-8-9-28-22(16)29-13-17/h1-3,5-6,8-13H,4,7H2,(H,28,29)(H,30,31). The third-order valence-corrected chi connectivity index (χ3v) is 4.86. The number of aryl methyl sites for hydroxylation is 1. The summed E-state index contributed by atoms with van der Waals surface area (Å²) in [5, 5.41) is 3.38. The fraction of sp³-hybridized carbons (Fsp3) is 0.130. The van der Waals surface area contributed by atoms with E-state index in [-0.39, 0.29) is 12.1 Å². The molecular formula is C23H17F4N3O. The van der Waals surface area contributed by atoms with Gasteiger partial charge in [-0.3, -0.25) is 4.79 Å². The molecule has 4 aromatic rings. The Morgan fingerprint density at radius 2 is 1.87 bits per heavy atom. The molecule has 31 heavy (non-hydrogen) atoms. The number of carbonyl (C=O) groups is 1. The SMILES string of the molecule is O=C(CCc1cccc(-c2cnc3[nH]ccc3c2)c1)Nc1ccc(F)c(C(F)(F)F)c1. The minimum atomic E-state index is -4.83. The number of amides is 1. The van der Waals surface area contributed by atoms with Crippen LogP contribution in [-0.4, -0.2) is 15.9 Å². The highest BCUT2D eigenvalue weighted by Gasteiger charge is 2.34. The third-order valence-electron chi connectivity index (χ3n) is 4.86. The molecule has 158 valence electrons. The molecule has 0 saturated carbocycles. The molecule has 0 aliphatic heterocycles. The van der Waals surface area contributed by atoms with Crippen molar-refractivity contribution in [1.29, 1.82) is 0 Å². The average Bonchev–Trinajstić information content (AvgIpc) is 3.21. The smallest absolute Gasteiger partial charge is 0.346 e. The van der Waals surface area contributed by atoms with Crippen LogP contribution in [0.5, 0.6) is 0 Å². The van der Waals surface area contributed by atoms with Crippen molar-refractivity contribution in [3.05, 3.63) is 83.9 Å². The maximum Gasteiger partial charge on any atom is 0.419 e. The molecule has 2 heterocycles. The van der Waals surface area contributed by atoms with Gasteiger partial charge in [-0.05, 0) is 47.9 Å². The second kappa shape index (κ2) is 8.22. The van der Waals surface area contributed by atoms with Crippen LogP contribution in [0.1, 0.15) is 17.5 Å². The van der Waals surface area contributed by atoms with Crippen molar-refractivity contribution in [2.75, 3.05) is 5.32 Å². The molecule has 2 N–H and O–H groups in total. The molecule has 4 nitrogen and oxygen atoms in total. The number of aromatic nitrogens is 2. The molecule has 0 aliphatic rings. The summed E-state index contributed by atoms with van der Waals surface area (Å²) < 4.78 is 51.8. The summed E-state index contributed by atoms with van der Waals surface area (Å²) in [4.78, 5) is 19.6. The number of benzene rings is 2. The lowest BCUT2D eigenvalue weighted by Crippen LogP contribution is -2.14. The number of carbonyl (C=O) groups excluding carboxylic acids is 1. The Labute approximate surface area is 174 Å². The van der Waals surface area contributed by atoms with Crippen LogP contribution in [0, 0.1) is 5.82 Å². The Balaban J connectivity index is 1.42. The first-order valence-electron chi connectivity index (χ1n) is 9.49. The highest BCUT2D eigenvalue weighted by molar-refractivity contribution is 5.91. The zero-order valence-electron chi connectivity index (χ0n) is 16.1. The van der Waals surface area contributed by atoms with E-state index in [1.165, 1.54) is 0 Å². The van der Waals surface area contributed by atoms with Crippen LogP contribution < -0.4 is 5.32 Å². The molecule has 0 atom stereocenters. The molecule has 0 unspecified atom stereocenters. The van der Waals surface area contributed by atoms with E-state index in [4.69, 9.17) is 0 Å². The first-order chi connectivity index (χ1) is 14.8. The third kappa shape index (κ3) is 4.74. The number of fused-ring (bicyclic) bond motifs is 1. The van der Waals surface area contributed by atoms with Gasteiger partial charge >= 0.3 is 6.18 Å². The molecule has 0 bridgehead atoms. The molecule has 0 aliphatic carbocycles. The number of anilines is 1. The number of hydrogen-bond donors (Lipinski definition) is 2. The molecule has 0 spiro atoms. The minimum absolute atomic E-state index is 0.0667. The van der Waals surface area contributed by atoms with Gasteiger partial charge in [0.05, 0.1) is 5.56 Å². The summed E-state index contributed by atoms with van der Waals surface area (Å²) in [7, 11) is 0. The lowest BCUT2D eigenvalue weighted by molar-refractivity contribution is -0.140. The van der Waals surface area contributed by atoms with Gasteiger partial charge in [0.25, 0.3) is 0 Å². The Hall–Kier alpha value is -3.68. The zero-order valence-corrected chi connectivity index (χ0v) is 16.1. The summed E-state index contributed by atoms with van der Waals surface area (Å²) in [5.74, 6) is -1.84. The Morgan fingerprint density at radius 3 is 2.68 bits per heavy atom. The lowest BCUT2D eigenvalue weighted by Gasteiger charge is -2.11. The molecule has 0 radical (unpaired) electrons. The largest absolute Gasteiger partial charge is 0.419 e. The van der Waals surface area contributed by atoms with Gasteiger partial charge in [0, 0.05) is 35.5 Å². The highest BCUT2D eigenvalue weighted by atomic mass is 19.4. The molecular weight excluding hydrogens is 410 g/mol. The molecule has 4 rings (SSSR count). The van der Waals surface area contributed by atoms with Crippen molar-refractivity contribution >= 4 is 22.6 Å².